The van der Waals surface area contributed by atoms with Crippen LogP contribution < -0.4 is 5.32 Å². The van der Waals surface area contributed by atoms with Crippen LogP contribution >= 0.6 is 27.3 Å². The lowest BCUT2D eigenvalue weighted by atomic mass is 10.2. The zero-order valence-corrected chi connectivity index (χ0v) is 10.5. The highest BCUT2D eigenvalue weighted by atomic mass is 79.9. The number of hydrogen-bond donors (Lipinski definition) is 1. The average Bonchev–Trinajstić information content (AvgIpc) is 2.74. The molecule has 2 nitrogen and oxygen atoms in total. The van der Waals surface area contributed by atoms with Gasteiger partial charge >= 0.3 is 0 Å². The lowest BCUT2D eigenvalue weighted by Crippen LogP contribution is -2.04. The van der Waals surface area contributed by atoms with Crippen molar-refractivity contribution in [3.63, 3.8) is 0 Å². The number of anilines is 1. The Hall–Kier alpha value is -0.870. The third-order valence-corrected chi connectivity index (χ3v) is 3.45. The van der Waals surface area contributed by atoms with E-state index in [2.05, 4.69) is 43.1 Å². The molecular weight excluding hydrogens is 272 g/mol. The van der Waals surface area contributed by atoms with Gasteiger partial charge in [0.15, 0.2) is 0 Å². The zero-order valence-electron chi connectivity index (χ0n) is 8.11. The van der Waals surface area contributed by atoms with Gasteiger partial charge in [-0.1, -0.05) is 0 Å². The number of rotatable bonds is 4. The number of nitrogens with one attached hydrogen (secondary N) is 1. The summed E-state index contributed by atoms with van der Waals surface area (Å²) in [5.74, 6) is 0. The van der Waals surface area contributed by atoms with E-state index >= 15 is 0 Å². The number of nitrogens with zero attached hydrogens (tertiary/aromatic N) is 1. The topological polar surface area (TPSA) is 24.9 Å². The number of hydrogen-bond acceptors (Lipinski definition) is 3. The second-order valence-electron chi connectivity index (χ2n) is 3.16. The Morgan fingerprint density at radius 1 is 1.40 bits per heavy atom. The predicted octanol–water partition coefficient (Wildman–Crippen LogP) is 3.56. The standard InChI is InChI=1S/C11H11BrN2S/c12-10-7-13-4-2-11(10)14-5-1-9-3-6-15-8-9/h2-4,6-8H,1,5H2,(H,13,14). The Balaban J connectivity index is 1.86. The van der Waals surface area contributed by atoms with Gasteiger partial charge in [0, 0.05) is 18.9 Å². The molecule has 0 aliphatic heterocycles. The lowest BCUT2D eigenvalue weighted by molar-refractivity contribution is 1.02. The van der Waals surface area contributed by atoms with Gasteiger partial charge in [-0.2, -0.15) is 11.3 Å². The molecule has 0 bridgehead atoms. The van der Waals surface area contributed by atoms with Crippen LogP contribution in [0.15, 0.2) is 39.8 Å². The minimum atomic E-state index is 0.944. The largest absolute Gasteiger partial charge is 0.384 e. The van der Waals surface area contributed by atoms with Crippen molar-refractivity contribution in [3.05, 3.63) is 45.3 Å². The Morgan fingerprint density at radius 3 is 3.07 bits per heavy atom. The maximum absolute atomic E-state index is 4.02. The quantitative estimate of drug-likeness (QED) is 0.928. The summed E-state index contributed by atoms with van der Waals surface area (Å²) in [7, 11) is 0. The summed E-state index contributed by atoms with van der Waals surface area (Å²) in [6.45, 7) is 0.944. The van der Waals surface area contributed by atoms with E-state index in [0.29, 0.717) is 0 Å². The monoisotopic (exact) mass is 282 g/mol. The van der Waals surface area contributed by atoms with Crippen molar-refractivity contribution in [2.75, 3.05) is 11.9 Å². The molecular formula is C11H11BrN2S. The summed E-state index contributed by atoms with van der Waals surface area (Å²) in [5.41, 5.74) is 2.48. The summed E-state index contributed by atoms with van der Waals surface area (Å²) >= 11 is 5.19. The molecule has 0 saturated carbocycles. The molecule has 2 aromatic rings. The zero-order chi connectivity index (χ0) is 10.5. The van der Waals surface area contributed by atoms with Crippen LogP contribution in [0.2, 0.25) is 0 Å². The van der Waals surface area contributed by atoms with Crippen LogP contribution in [0.5, 0.6) is 0 Å². The van der Waals surface area contributed by atoms with E-state index in [1.165, 1.54) is 5.56 Å². The van der Waals surface area contributed by atoms with Gasteiger partial charge in [-0.25, -0.2) is 0 Å². The van der Waals surface area contributed by atoms with Crippen molar-refractivity contribution in [2.45, 2.75) is 6.42 Å². The third kappa shape index (κ3) is 3.04. The van der Waals surface area contributed by atoms with E-state index < -0.39 is 0 Å². The molecule has 78 valence electrons. The Morgan fingerprint density at radius 2 is 2.33 bits per heavy atom. The molecule has 1 N–H and O–H groups in total. The maximum atomic E-state index is 4.02. The Bertz CT molecular complexity index is 414. The molecule has 0 atom stereocenters. The summed E-state index contributed by atoms with van der Waals surface area (Å²) in [4.78, 5) is 4.02. The van der Waals surface area contributed by atoms with E-state index in [0.717, 1.165) is 23.1 Å². The van der Waals surface area contributed by atoms with Crippen LogP contribution in [-0.2, 0) is 6.42 Å². The van der Waals surface area contributed by atoms with Crippen molar-refractivity contribution in [3.8, 4) is 0 Å². The van der Waals surface area contributed by atoms with Gasteiger partial charge in [0.1, 0.15) is 0 Å². The first-order chi connectivity index (χ1) is 7.36. The third-order valence-electron chi connectivity index (χ3n) is 2.08. The van der Waals surface area contributed by atoms with Gasteiger partial charge in [-0.3, -0.25) is 4.98 Å². The smallest absolute Gasteiger partial charge is 0.0590 e. The molecule has 0 aliphatic rings. The van der Waals surface area contributed by atoms with Crippen LogP contribution in [-0.4, -0.2) is 11.5 Å². The van der Waals surface area contributed by atoms with E-state index in [1.54, 1.807) is 23.7 Å². The molecule has 0 aromatic carbocycles. The van der Waals surface area contributed by atoms with E-state index in [4.69, 9.17) is 0 Å². The number of thiophene rings is 1. The fourth-order valence-corrected chi connectivity index (χ4v) is 2.39. The number of aromatic nitrogens is 1. The highest BCUT2D eigenvalue weighted by molar-refractivity contribution is 9.10. The Kier molecular flexibility index (Phi) is 3.75. The molecule has 0 fully saturated rings. The molecule has 0 saturated heterocycles. The summed E-state index contributed by atoms with van der Waals surface area (Å²) < 4.78 is 1.01. The normalized spacial score (nSPS) is 10.2. The van der Waals surface area contributed by atoms with Crippen molar-refractivity contribution in [2.24, 2.45) is 0 Å². The van der Waals surface area contributed by atoms with Crippen molar-refractivity contribution >= 4 is 33.0 Å². The fraction of sp³-hybridized carbons (Fsp3) is 0.182. The van der Waals surface area contributed by atoms with E-state index in [-0.39, 0.29) is 0 Å². The van der Waals surface area contributed by atoms with Gasteiger partial charge in [-0.15, -0.1) is 0 Å². The van der Waals surface area contributed by atoms with Gasteiger partial charge in [0.2, 0.25) is 0 Å². The Labute approximate surface area is 101 Å². The van der Waals surface area contributed by atoms with Crippen molar-refractivity contribution < 1.29 is 0 Å². The molecule has 2 heterocycles. The van der Waals surface area contributed by atoms with Crippen LogP contribution in [0.4, 0.5) is 5.69 Å². The molecule has 0 radical (unpaired) electrons. The van der Waals surface area contributed by atoms with Crippen LogP contribution in [0, 0.1) is 0 Å². The van der Waals surface area contributed by atoms with Gasteiger partial charge < -0.3 is 5.32 Å². The van der Waals surface area contributed by atoms with Crippen LogP contribution in [0.3, 0.4) is 0 Å². The maximum Gasteiger partial charge on any atom is 0.0590 e. The molecule has 0 amide bonds. The van der Waals surface area contributed by atoms with Gasteiger partial charge in [0.25, 0.3) is 0 Å². The average molecular weight is 283 g/mol. The number of pyridine rings is 1. The molecule has 15 heavy (non-hydrogen) atoms. The molecule has 0 spiro atoms. The first-order valence-electron chi connectivity index (χ1n) is 4.71. The first-order valence-corrected chi connectivity index (χ1v) is 6.44. The predicted molar refractivity (Wildman–Crippen MR) is 68.4 cm³/mol. The highest BCUT2D eigenvalue weighted by Crippen LogP contribution is 2.19. The SMILES string of the molecule is Brc1cnccc1NCCc1ccsc1. The van der Waals surface area contributed by atoms with Crippen LogP contribution in [0.1, 0.15) is 5.56 Å². The second kappa shape index (κ2) is 5.28. The molecule has 2 rings (SSSR count). The first kappa shape index (κ1) is 10.6. The van der Waals surface area contributed by atoms with E-state index in [1.807, 2.05) is 6.07 Å². The number of halogens is 1. The van der Waals surface area contributed by atoms with Crippen LogP contribution in [0.25, 0.3) is 0 Å². The minimum Gasteiger partial charge on any atom is -0.384 e. The highest BCUT2D eigenvalue weighted by Gasteiger charge is 1.98. The summed E-state index contributed by atoms with van der Waals surface area (Å²) in [5, 5.41) is 7.66. The molecule has 2 aromatic heterocycles. The van der Waals surface area contributed by atoms with Crippen molar-refractivity contribution in [1.82, 2.24) is 4.98 Å². The molecule has 0 aliphatic carbocycles. The molecule has 4 heteroatoms. The van der Waals surface area contributed by atoms with Gasteiger partial charge in [-0.05, 0) is 50.8 Å². The second-order valence-corrected chi connectivity index (χ2v) is 4.80. The summed E-state index contributed by atoms with van der Waals surface area (Å²) in [6, 6.07) is 4.13. The lowest BCUT2D eigenvalue weighted by Gasteiger charge is -2.06. The summed E-state index contributed by atoms with van der Waals surface area (Å²) in [6.07, 6.45) is 4.64. The minimum absolute atomic E-state index is 0.944. The van der Waals surface area contributed by atoms with Crippen molar-refractivity contribution in [1.29, 1.82) is 0 Å². The van der Waals surface area contributed by atoms with E-state index in [9.17, 15) is 0 Å². The van der Waals surface area contributed by atoms with Gasteiger partial charge in [0.05, 0.1) is 10.2 Å². The fourth-order valence-electron chi connectivity index (χ4n) is 1.29. The molecule has 0 unspecified atom stereocenters.